The van der Waals surface area contributed by atoms with Gasteiger partial charge in [-0.2, -0.15) is 0 Å². The number of rotatable bonds is 12. The zero-order valence-electron chi connectivity index (χ0n) is 35.2. The molecule has 3 aliphatic carbocycles. The number of hydrogen-bond donors (Lipinski definition) is 3. The second-order valence-corrected chi connectivity index (χ2v) is 17.4. The minimum atomic E-state index is -2.35. The molecule has 2 bridgehead atoms. The lowest BCUT2D eigenvalue weighted by atomic mass is 9.42. The van der Waals surface area contributed by atoms with E-state index in [2.05, 4.69) is 11.9 Å². The molecule has 59 heavy (non-hydrogen) atoms. The third kappa shape index (κ3) is 7.77. The van der Waals surface area contributed by atoms with Crippen LogP contribution < -0.4 is 5.32 Å². The third-order valence-corrected chi connectivity index (χ3v) is 13.3. The second-order valence-electron chi connectivity index (χ2n) is 17.4. The van der Waals surface area contributed by atoms with Gasteiger partial charge in [0, 0.05) is 49.0 Å². The normalized spacial score (nSPS) is 34.5. The molecule has 0 spiro atoms. The minimum absolute atomic E-state index is 0.0870. The molecule has 1 aliphatic heterocycles. The number of ether oxygens (including phenoxy) is 5. The topological polar surface area (TPSA) is 218 Å². The number of esters is 4. The molecule has 1 saturated heterocycles. The number of amides is 1. The fraction of sp³-hybridized carbons (Fsp3) is 0.614. The number of allylic oxidation sites excluding steroid dienone is 1. The van der Waals surface area contributed by atoms with Gasteiger partial charge in [-0.05, 0) is 33.3 Å². The zero-order chi connectivity index (χ0) is 44.0. The number of carbonyl (C=O) groups excluding carboxylic acids is 7. The predicted octanol–water partition coefficient (Wildman–Crippen LogP) is 3.57. The highest BCUT2D eigenvalue weighted by Crippen LogP contribution is 2.65. The first-order valence-corrected chi connectivity index (χ1v) is 20.0. The number of aliphatic hydroxyl groups is 2. The Hall–Kier alpha value is -4.73. The molecule has 1 amide bonds. The van der Waals surface area contributed by atoms with E-state index in [1.54, 1.807) is 84.9 Å². The number of hydrogen-bond acceptors (Lipinski definition) is 14. The molecule has 1 heterocycles. The van der Waals surface area contributed by atoms with E-state index >= 15 is 9.59 Å². The van der Waals surface area contributed by atoms with E-state index in [0.29, 0.717) is 16.7 Å². The molecule has 322 valence electrons. The van der Waals surface area contributed by atoms with Crippen LogP contribution in [0.4, 0.5) is 0 Å². The molecule has 15 nitrogen and oxygen atoms in total. The van der Waals surface area contributed by atoms with Crippen molar-refractivity contribution in [2.75, 3.05) is 6.61 Å². The Labute approximate surface area is 344 Å². The van der Waals surface area contributed by atoms with Gasteiger partial charge in [0.1, 0.15) is 30.0 Å². The monoisotopic (exact) mass is 823 g/mol. The quantitative estimate of drug-likeness (QED) is 0.0903. The fourth-order valence-corrected chi connectivity index (χ4v) is 9.89. The summed E-state index contributed by atoms with van der Waals surface area (Å²) in [5.74, 6) is -10.1. The first-order chi connectivity index (χ1) is 27.5. The Morgan fingerprint density at radius 1 is 1.02 bits per heavy atom. The highest BCUT2D eigenvalue weighted by Gasteiger charge is 2.80. The van der Waals surface area contributed by atoms with Gasteiger partial charge >= 0.3 is 23.9 Å². The Kier molecular flexibility index (Phi) is 12.9. The molecule has 4 fully saturated rings. The first-order valence-electron chi connectivity index (χ1n) is 20.0. The minimum Gasteiger partial charge on any atom is -0.461 e. The van der Waals surface area contributed by atoms with Gasteiger partial charge in [-0.25, -0.2) is 4.79 Å². The van der Waals surface area contributed by atoms with Crippen molar-refractivity contribution in [1.29, 1.82) is 0 Å². The Bertz CT molecular complexity index is 1920. The van der Waals surface area contributed by atoms with E-state index < -0.39 is 124 Å². The number of aliphatic hydroxyl groups excluding tert-OH is 1. The largest absolute Gasteiger partial charge is 0.461 e. The number of ketones is 2. The Morgan fingerprint density at radius 3 is 2.20 bits per heavy atom. The maximum Gasteiger partial charge on any atom is 0.337 e. The third-order valence-electron chi connectivity index (χ3n) is 13.3. The van der Waals surface area contributed by atoms with Crippen molar-refractivity contribution in [3.8, 4) is 0 Å². The first kappa shape index (κ1) is 45.4. The van der Waals surface area contributed by atoms with Crippen molar-refractivity contribution in [3.63, 3.8) is 0 Å². The van der Waals surface area contributed by atoms with Crippen molar-refractivity contribution in [2.45, 2.75) is 136 Å². The van der Waals surface area contributed by atoms with Crippen LogP contribution in [0.5, 0.6) is 0 Å². The van der Waals surface area contributed by atoms with Gasteiger partial charge in [-0.15, -0.1) is 0 Å². The predicted molar refractivity (Wildman–Crippen MR) is 209 cm³/mol. The average Bonchev–Trinajstić information content (AvgIpc) is 3.16. The molecule has 15 heteroatoms. The van der Waals surface area contributed by atoms with Gasteiger partial charge in [0.25, 0.3) is 0 Å². The summed E-state index contributed by atoms with van der Waals surface area (Å²) in [5.41, 5.74) is -6.70. The summed E-state index contributed by atoms with van der Waals surface area (Å²) in [6, 6.07) is 6.96. The van der Waals surface area contributed by atoms with E-state index in [1.807, 2.05) is 0 Å². The van der Waals surface area contributed by atoms with Gasteiger partial charge < -0.3 is 39.2 Å². The lowest BCUT2D eigenvalue weighted by molar-refractivity contribution is -0.352. The molecule has 12 atom stereocenters. The maximum absolute atomic E-state index is 15.2. The summed E-state index contributed by atoms with van der Waals surface area (Å²) < 4.78 is 30.1. The molecule has 3 saturated carbocycles. The van der Waals surface area contributed by atoms with Crippen LogP contribution in [0.15, 0.2) is 54.1 Å². The van der Waals surface area contributed by atoms with Crippen molar-refractivity contribution < 1.29 is 67.5 Å². The van der Waals surface area contributed by atoms with Crippen molar-refractivity contribution in [2.24, 2.45) is 28.6 Å². The summed E-state index contributed by atoms with van der Waals surface area (Å²) in [4.78, 5) is 97.1. The Balaban J connectivity index is 1.69. The van der Waals surface area contributed by atoms with Crippen LogP contribution >= 0.6 is 0 Å². The van der Waals surface area contributed by atoms with Gasteiger partial charge in [0.05, 0.1) is 30.4 Å². The van der Waals surface area contributed by atoms with E-state index in [1.165, 1.54) is 6.92 Å². The van der Waals surface area contributed by atoms with E-state index in [-0.39, 0.29) is 25.9 Å². The molecule has 0 aromatic heterocycles. The number of fused-ring (bicyclic) bond motifs is 5. The van der Waals surface area contributed by atoms with E-state index in [9.17, 15) is 34.2 Å². The lowest BCUT2D eigenvalue weighted by Gasteiger charge is -2.68. The van der Waals surface area contributed by atoms with Crippen LogP contribution in [-0.2, 0) is 57.2 Å². The van der Waals surface area contributed by atoms with E-state index in [4.69, 9.17) is 23.7 Å². The molecule has 4 aliphatic rings. The Morgan fingerprint density at radius 2 is 1.66 bits per heavy atom. The molecule has 1 aromatic rings. The SMILES string of the molecule is C=C(C)CC(=O)O[C@H]1C2[C@](C)(C(=O)C(=O)C3C(C)[C@@H](OC(=O)[C@H](O)[C@@H](NC(=O)C(C)=CC)c4ccccc4)C[C@]1(O)C3(C)C)[C@@H](OC(=O)CC)C[C@H]1OC[C@@]21OC(C)=O. The van der Waals surface area contributed by atoms with E-state index in [0.717, 1.165) is 6.92 Å². The van der Waals surface area contributed by atoms with Crippen molar-refractivity contribution in [3.05, 3.63) is 59.7 Å². The zero-order valence-corrected chi connectivity index (χ0v) is 35.2. The smallest absolute Gasteiger partial charge is 0.337 e. The van der Waals surface area contributed by atoms with Crippen molar-refractivity contribution >= 4 is 41.4 Å². The summed E-state index contributed by atoms with van der Waals surface area (Å²) in [6.45, 7) is 17.1. The molecular formula is C44H57NO14. The number of Topliss-reactive ketones (excluding diaryl/α,β-unsaturated/α-hetero) is 2. The van der Waals surface area contributed by atoms with Crippen LogP contribution in [0.3, 0.4) is 0 Å². The highest BCUT2D eigenvalue weighted by molar-refractivity contribution is 6.40. The summed E-state index contributed by atoms with van der Waals surface area (Å²) in [5, 5.41) is 27.8. The van der Waals surface area contributed by atoms with Crippen LogP contribution in [0, 0.1) is 28.6 Å². The molecule has 3 N–H and O–H groups in total. The average molecular weight is 824 g/mol. The summed E-state index contributed by atoms with van der Waals surface area (Å²) in [6.07, 6.45) is -7.07. The summed E-state index contributed by atoms with van der Waals surface area (Å²) in [7, 11) is 0. The van der Waals surface area contributed by atoms with Crippen LogP contribution in [0.1, 0.15) is 99.6 Å². The highest BCUT2D eigenvalue weighted by atomic mass is 16.6. The number of nitrogens with one attached hydrogen (secondary N) is 1. The van der Waals surface area contributed by atoms with Crippen LogP contribution in [-0.4, -0.2) is 99.9 Å². The van der Waals surface area contributed by atoms with Gasteiger partial charge in [0.15, 0.2) is 11.7 Å². The van der Waals surface area contributed by atoms with Gasteiger partial charge in [0.2, 0.25) is 17.5 Å². The second kappa shape index (κ2) is 16.7. The number of carbonyl (C=O) groups is 7. The fourth-order valence-electron chi connectivity index (χ4n) is 9.89. The standard InChI is InChI=1S/C44H57NO14/c1-11-23(5)39(52)45-33(26-16-14-13-15-17-26)35(50)40(53)56-27-20-44(54)38(58-31(48)18-22(3)4)36-42(10,37(51)34(49)32(24(27)6)41(44,8)9)28(57-30(47)12-2)19-29-43(36,21-55-29)59-25(7)46/h11,13-17,24,27-29,32-33,35-36,38,50,54H,3,12,18-21H2,1-2,4-10H3,(H,45,52)/t24?,27-,28-,29+,32?,33-,35+,36?,38-,42+,43-,44+/m0/s1. The number of benzene rings is 1. The summed E-state index contributed by atoms with van der Waals surface area (Å²) >= 11 is 0. The molecule has 1 aromatic carbocycles. The lowest BCUT2D eigenvalue weighted by Crippen LogP contribution is -2.83. The molecule has 0 radical (unpaired) electrons. The molecule has 3 unspecified atom stereocenters. The van der Waals surface area contributed by atoms with Gasteiger partial charge in [-0.3, -0.25) is 28.8 Å². The van der Waals surface area contributed by atoms with Gasteiger partial charge in [-0.1, -0.05) is 76.3 Å². The van der Waals surface area contributed by atoms with Crippen molar-refractivity contribution in [1.82, 2.24) is 5.32 Å². The molecule has 5 rings (SSSR count). The van der Waals surface area contributed by atoms with Crippen LogP contribution in [0.2, 0.25) is 0 Å². The maximum atomic E-state index is 15.2. The van der Waals surface area contributed by atoms with Crippen LogP contribution in [0.25, 0.3) is 0 Å². The molecular weight excluding hydrogens is 766 g/mol.